The van der Waals surface area contributed by atoms with Crippen molar-refractivity contribution in [2.75, 3.05) is 21.9 Å². The predicted molar refractivity (Wildman–Crippen MR) is 237 cm³/mol. The minimum atomic E-state index is -1.57. The molecular weight excluding hydrogens is 770 g/mol. The lowest BCUT2D eigenvalue weighted by atomic mass is 9.89. The number of hydrogen-bond donors (Lipinski definition) is 1. The van der Waals surface area contributed by atoms with Crippen molar-refractivity contribution in [2.45, 2.75) is 131 Å². The number of rotatable bonds is 10. The van der Waals surface area contributed by atoms with Crippen molar-refractivity contribution >= 4 is 32.5 Å². The predicted octanol–water partition coefficient (Wildman–Crippen LogP) is 15.1. The molecule has 0 bridgehead atoms. The highest BCUT2D eigenvalue weighted by molar-refractivity contribution is 8.28. The Morgan fingerprint density at radius 1 is 0.724 bits per heavy atom. The Morgan fingerprint density at radius 2 is 1.21 bits per heavy atom. The Labute approximate surface area is 343 Å². The molecule has 0 aromatic heterocycles. The quantitative estimate of drug-likeness (QED) is 0.126. The highest BCUT2D eigenvalue weighted by Crippen LogP contribution is 2.36. The molecular formula is C48H63F7N2S. The second kappa shape index (κ2) is 20.4. The number of benzene rings is 4. The molecule has 1 atom stereocenters. The molecule has 1 N–H and O–H groups in total. The largest absolute Gasteiger partial charge is 0.365 e. The fraction of sp³-hybridized carbons (Fsp3) is 0.458. The Morgan fingerprint density at radius 3 is 1.66 bits per heavy atom. The van der Waals surface area contributed by atoms with Crippen LogP contribution in [0.15, 0.2) is 54.6 Å². The summed E-state index contributed by atoms with van der Waals surface area (Å²) < 4.78 is 102. The van der Waals surface area contributed by atoms with Crippen LogP contribution in [-0.2, 0) is 0 Å². The summed E-state index contributed by atoms with van der Waals surface area (Å²) in [5, 5.41) is 0. The lowest BCUT2D eigenvalue weighted by Gasteiger charge is -2.42. The fourth-order valence-electron chi connectivity index (χ4n) is 7.65. The number of nitrogens with one attached hydrogen (secondary N) is 1. The molecule has 5 rings (SSSR count). The average Bonchev–Trinajstić information content (AvgIpc) is 3.08. The van der Waals surface area contributed by atoms with Crippen molar-refractivity contribution < 1.29 is 30.7 Å². The molecule has 1 unspecified atom stereocenters. The molecule has 58 heavy (non-hydrogen) atoms. The zero-order valence-electron chi connectivity index (χ0n) is 36.2. The lowest BCUT2D eigenvalue weighted by molar-refractivity contribution is 0.149. The Bertz CT molecular complexity index is 2050. The van der Waals surface area contributed by atoms with E-state index < -0.39 is 50.0 Å². The van der Waals surface area contributed by atoms with Crippen LogP contribution in [0.2, 0.25) is 0 Å². The fourth-order valence-corrected chi connectivity index (χ4v) is 9.15. The number of anilines is 2. The maximum Gasteiger partial charge on any atom is 0.153 e. The Hall–Kier alpha value is -3.92. The minimum absolute atomic E-state index is 0.104. The van der Waals surface area contributed by atoms with Crippen LogP contribution in [0.3, 0.4) is 0 Å². The van der Waals surface area contributed by atoms with Crippen LogP contribution >= 0.6 is 9.39 Å². The van der Waals surface area contributed by atoms with Gasteiger partial charge in [-0.05, 0) is 136 Å². The Kier molecular flexibility index (Phi) is 17.0. The van der Waals surface area contributed by atoms with Crippen molar-refractivity contribution in [3.63, 3.8) is 0 Å². The average molecular weight is 833 g/mol. The first-order chi connectivity index (χ1) is 26.9. The molecule has 1 heterocycles. The third-order valence-electron chi connectivity index (χ3n) is 10.3. The van der Waals surface area contributed by atoms with Gasteiger partial charge in [0.1, 0.15) is 34.8 Å². The van der Waals surface area contributed by atoms with Gasteiger partial charge in [-0.2, -0.15) is 0 Å². The van der Waals surface area contributed by atoms with E-state index in [0.29, 0.717) is 29.9 Å². The van der Waals surface area contributed by atoms with Crippen molar-refractivity contribution in [2.24, 2.45) is 0 Å². The van der Waals surface area contributed by atoms with Gasteiger partial charge in [0.25, 0.3) is 0 Å². The molecule has 4 aromatic rings. The topological polar surface area (TPSA) is 15.3 Å². The summed E-state index contributed by atoms with van der Waals surface area (Å²) in [5.41, 5.74) is 3.30. The van der Waals surface area contributed by atoms with Gasteiger partial charge in [0.2, 0.25) is 0 Å². The number of alkyl halides is 1. The summed E-state index contributed by atoms with van der Waals surface area (Å²) in [6.07, 6.45) is 3.50. The smallest absolute Gasteiger partial charge is 0.153 e. The third kappa shape index (κ3) is 12.3. The number of piperidine rings is 1. The molecule has 0 spiro atoms. The molecule has 1 fully saturated rings. The van der Waals surface area contributed by atoms with E-state index >= 15 is 0 Å². The number of hydrogen-bond acceptors (Lipinski definition) is 2. The van der Waals surface area contributed by atoms with E-state index in [4.69, 9.17) is 0 Å². The standard InChI is InChI=1S/C17H24F3N.C17H18F2.C14H21F2NS/c1-11(2)16-13(18)9-12(10-14(16)19)21-8-6-5-7-15(21)17(3,4)20;1-10(2)16-14(18)8-13(9-15(16)19)17-11(3)6-5-7-12(17)4;1-6-9-18(4,5)17-12-8-7-11(15)13(10(2)3)14(12)16/h9-11,15H,5-8H2,1-4H3;5-10H,1-4H3;7-8,10,17H,4-6,9H2,1-3H3. The highest BCUT2D eigenvalue weighted by atomic mass is 32.2. The van der Waals surface area contributed by atoms with E-state index in [1.807, 2.05) is 43.9 Å². The third-order valence-corrected chi connectivity index (χ3v) is 12.2. The van der Waals surface area contributed by atoms with Gasteiger partial charge >= 0.3 is 0 Å². The normalized spacial score (nSPS) is 14.6. The number of aryl methyl sites for hydroxylation is 2. The summed E-state index contributed by atoms with van der Waals surface area (Å²) in [5.74, 6) is 5.17. The van der Waals surface area contributed by atoms with Crippen LogP contribution in [0.1, 0.15) is 134 Å². The van der Waals surface area contributed by atoms with E-state index in [-0.39, 0.29) is 40.5 Å². The maximum absolute atomic E-state index is 14.4. The second-order valence-electron chi connectivity index (χ2n) is 16.9. The molecule has 1 aliphatic rings. The van der Waals surface area contributed by atoms with E-state index in [1.165, 1.54) is 50.2 Å². The van der Waals surface area contributed by atoms with Crippen LogP contribution in [0.4, 0.5) is 42.1 Å². The number of halogens is 7. The van der Waals surface area contributed by atoms with E-state index in [1.54, 1.807) is 41.5 Å². The van der Waals surface area contributed by atoms with Crippen molar-refractivity contribution in [1.82, 2.24) is 0 Å². The molecule has 2 nitrogen and oxygen atoms in total. The molecule has 4 aromatic carbocycles. The summed E-state index contributed by atoms with van der Waals surface area (Å²) in [7, 11) is -1.57. The van der Waals surface area contributed by atoms with Gasteiger partial charge in [0, 0.05) is 28.9 Å². The first kappa shape index (κ1) is 48.4. The lowest BCUT2D eigenvalue weighted by Crippen LogP contribution is -2.50. The van der Waals surface area contributed by atoms with Crippen molar-refractivity contribution in [3.05, 3.63) is 117 Å². The maximum atomic E-state index is 14.4. The molecule has 0 saturated carbocycles. The van der Waals surface area contributed by atoms with Gasteiger partial charge in [-0.1, -0.05) is 78.4 Å². The van der Waals surface area contributed by atoms with Gasteiger partial charge in [0.05, 0.1) is 11.7 Å². The summed E-state index contributed by atoms with van der Waals surface area (Å²) >= 11 is 0. The summed E-state index contributed by atoms with van der Waals surface area (Å²) in [4.78, 5) is 1.82. The highest BCUT2D eigenvalue weighted by Gasteiger charge is 2.36. The molecule has 1 aliphatic heterocycles. The molecule has 1 saturated heterocycles. The number of nitrogens with zero attached hydrogens (tertiary/aromatic N) is 1. The summed E-state index contributed by atoms with van der Waals surface area (Å²) in [6.45, 7) is 20.3. The van der Waals surface area contributed by atoms with E-state index in [9.17, 15) is 30.7 Å². The van der Waals surface area contributed by atoms with Crippen molar-refractivity contribution in [3.8, 4) is 11.1 Å². The van der Waals surface area contributed by atoms with Crippen LogP contribution in [0.25, 0.3) is 11.1 Å². The first-order valence-corrected chi connectivity index (χ1v) is 22.3. The van der Waals surface area contributed by atoms with Crippen LogP contribution in [0.5, 0.6) is 0 Å². The second-order valence-corrected chi connectivity index (χ2v) is 19.6. The van der Waals surface area contributed by atoms with Gasteiger partial charge in [0.15, 0.2) is 5.82 Å². The van der Waals surface area contributed by atoms with E-state index in [0.717, 1.165) is 41.7 Å². The molecule has 0 radical (unpaired) electrons. The van der Waals surface area contributed by atoms with Gasteiger partial charge in [-0.3, -0.25) is 0 Å². The summed E-state index contributed by atoms with van der Waals surface area (Å²) in [6, 6.07) is 13.8. The molecule has 0 amide bonds. The van der Waals surface area contributed by atoms with Crippen LogP contribution in [-0.4, -0.2) is 35.7 Å². The molecule has 10 heteroatoms. The van der Waals surface area contributed by atoms with Gasteiger partial charge in [-0.15, -0.1) is 9.39 Å². The van der Waals surface area contributed by atoms with Gasteiger partial charge in [-0.25, -0.2) is 30.7 Å². The Balaban J connectivity index is 0.000000234. The van der Waals surface area contributed by atoms with Crippen LogP contribution in [0, 0.1) is 48.8 Å². The molecule has 320 valence electrons. The zero-order chi connectivity index (χ0) is 43.9. The zero-order valence-corrected chi connectivity index (χ0v) is 37.0. The monoisotopic (exact) mass is 832 g/mol. The SMILES string of the molecule is C=S(=C)(CCC)Nc1ccc(F)c(C(C)C)c1F.CC(C)c1c(F)cc(N2CCCCC2C(C)(C)F)cc1F.Cc1cccc(C)c1-c1cc(F)c(C(C)C)c(F)c1. The van der Waals surface area contributed by atoms with Crippen LogP contribution < -0.4 is 9.62 Å². The minimum Gasteiger partial charge on any atom is -0.365 e. The van der Waals surface area contributed by atoms with E-state index in [2.05, 4.69) is 16.5 Å². The first-order valence-electron chi connectivity index (χ1n) is 20.1. The van der Waals surface area contributed by atoms with Gasteiger partial charge < -0.3 is 9.62 Å². The van der Waals surface area contributed by atoms with Crippen molar-refractivity contribution in [1.29, 1.82) is 0 Å². The molecule has 0 aliphatic carbocycles.